The number of fused-ring (bicyclic) bond motifs is 4. The van der Waals surface area contributed by atoms with Gasteiger partial charge in [0.15, 0.2) is 0 Å². The molecule has 2 aromatic heterocycles. The molecule has 30 heavy (non-hydrogen) atoms. The average Bonchev–Trinajstić information content (AvgIpc) is 3.35. The first-order valence-corrected chi connectivity index (χ1v) is 11.2. The van der Waals surface area contributed by atoms with Crippen molar-refractivity contribution in [2.45, 2.75) is 52.9 Å². The van der Waals surface area contributed by atoms with Crippen molar-refractivity contribution in [1.82, 2.24) is 0 Å². The van der Waals surface area contributed by atoms with Gasteiger partial charge in [0, 0.05) is 10.9 Å². The third-order valence-corrected chi connectivity index (χ3v) is 7.30. The van der Waals surface area contributed by atoms with Gasteiger partial charge in [-0.25, -0.2) is 0 Å². The summed E-state index contributed by atoms with van der Waals surface area (Å²) in [7, 11) is 2.10. The molecule has 1 aliphatic heterocycles. The zero-order valence-corrected chi connectivity index (χ0v) is 18.3. The van der Waals surface area contributed by atoms with Crippen LogP contribution in [-0.4, -0.2) is 0 Å². The molecule has 0 spiro atoms. The maximum Gasteiger partial charge on any atom is 0.257 e. The molecule has 0 amide bonds. The topological polar surface area (TPSA) is 26.2 Å². The van der Waals surface area contributed by atoms with Gasteiger partial charge in [0.1, 0.15) is 12.8 Å². The molecule has 0 unspecified atom stereocenters. The monoisotopic (exact) mass is 398 g/mol. The minimum atomic E-state index is 0.765. The number of aromatic nitrogens is 1. The first-order valence-electron chi connectivity index (χ1n) is 11.2. The van der Waals surface area contributed by atoms with E-state index in [1.165, 1.54) is 70.0 Å². The van der Waals surface area contributed by atoms with Gasteiger partial charge in [0.05, 0.1) is 17.2 Å². The molecule has 0 radical (unpaired) electrons. The van der Waals surface area contributed by atoms with Gasteiger partial charge in [0.2, 0.25) is 17.5 Å². The zero-order chi connectivity index (χ0) is 20.6. The van der Waals surface area contributed by atoms with Crippen molar-refractivity contribution in [3.63, 3.8) is 0 Å². The van der Waals surface area contributed by atoms with Gasteiger partial charge in [-0.05, 0) is 61.3 Å². The van der Waals surface area contributed by atoms with Crippen LogP contribution >= 0.6 is 0 Å². The fourth-order valence-electron chi connectivity index (χ4n) is 5.72. The summed E-state index contributed by atoms with van der Waals surface area (Å²) < 4.78 is 14.9. The fourth-order valence-corrected chi connectivity index (χ4v) is 5.72. The Bertz CT molecular complexity index is 1340. The highest BCUT2D eigenvalue weighted by Gasteiger charge is 2.34. The van der Waals surface area contributed by atoms with Gasteiger partial charge in [-0.1, -0.05) is 37.8 Å². The number of rotatable bonds is 2. The molecule has 1 fully saturated rings. The Morgan fingerprint density at radius 3 is 2.63 bits per heavy atom. The van der Waals surface area contributed by atoms with E-state index in [1.807, 2.05) is 6.26 Å². The van der Waals surface area contributed by atoms with Crippen LogP contribution in [0.4, 0.5) is 0 Å². The molecule has 152 valence electrons. The van der Waals surface area contributed by atoms with E-state index < -0.39 is 0 Å². The number of aryl methyl sites for hydroxylation is 3. The highest BCUT2D eigenvalue weighted by molar-refractivity contribution is 6.07. The molecule has 1 saturated carbocycles. The molecular weight excluding hydrogens is 370 g/mol. The van der Waals surface area contributed by atoms with Crippen molar-refractivity contribution >= 4 is 21.7 Å². The van der Waals surface area contributed by atoms with E-state index in [9.17, 15) is 0 Å². The second kappa shape index (κ2) is 6.34. The third-order valence-electron chi connectivity index (χ3n) is 7.30. The van der Waals surface area contributed by atoms with E-state index >= 15 is 0 Å². The Kier molecular flexibility index (Phi) is 3.80. The molecule has 3 nitrogen and oxygen atoms in total. The standard InChI is InChI=1S/C27H28NO2/c1-15-9-19-11-16(2)17(3)23-24(19)21(10-15)30-27-25-20(12-18-7-5-6-8-18)14-29-22(25)13-28(4)26(23)27/h9-11,13-14,18H,5-8,12H2,1-4H3/q+1. The number of hydrogen-bond acceptors (Lipinski definition) is 2. The summed E-state index contributed by atoms with van der Waals surface area (Å²) in [4.78, 5) is 0. The molecule has 0 bridgehead atoms. The maximum atomic E-state index is 6.70. The fraction of sp³-hybridized carbons (Fsp3) is 0.370. The lowest BCUT2D eigenvalue weighted by Gasteiger charge is -2.23. The lowest BCUT2D eigenvalue weighted by Crippen LogP contribution is -2.32. The van der Waals surface area contributed by atoms with Crippen LogP contribution in [0.15, 0.2) is 35.1 Å². The minimum Gasteiger partial charge on any atom is -0.458 e. The van der Waals surface area contributed by atoms with Gasteiger partial charge in [-0.2, -0.15) is 4.57 Å². The first kappa shape index (κ1) is 18.0. The Morgan fingerprint density at radius 1 is 1.03 bits per heavy atom. The number of ether oxygens (including phenoxy) is 1. The molecule has 3 heteroatoms. The van der Waals surface area contributed by atoms with Crippen LogP contribution in [0.2, 0.25) is 0 Å². The van der Waals surface area contributed by atoms with E-state index in [0.717, 1.165) is 34.8 Å². The number of hydrogen-bond donors (Lipinski definition) is 0. The summed E-state index contributed by atoms with van der Waals surface area (Å²) >= 11 is 0. The normalized spacial score (nSPS) is 15.7. The lowest BCUT2D eigenvalue weighted by molar-refractivity contribution is -0.659. The van der Waals surface area contributed by atoms with Crippen molar-refractivity contribution in [2.24, 2.45) is 13.0 Å². The van der Waals surface area contributed by atoms with E-state index in [1.54, 1.807) is 0 Å². The molecule has 3 heterocycles. The zero-order valence-electron chi connectivity index (χ0n) is 18.3. The van der Waals surface area contributed by atoms with Crippen LogP contribution in [-0.2, 0) is 13.5 Å². The third kappa shape index (κ3) is 2.47. The summed E-state index contributed by atoms with van der Waals surface area (Å²) in [5.41, 5.74) is 8.56. The maximum absolute atomic E-state index is 6.70. The predicted molar refractivity (Wildman–Crippen MR) is 120 cm³/mol. The molecule has 1 aliphatic carbocycles. The second-order valence-corrected chi connectivity index (χ2v) is 9.43. The molecular formula is C27H28NO2+. The second-order valence-electron chi connectivity index (χ2n) is 9.43. The Labute approximate surface area is 177 Å². The molecule has 0 N–H and O–H groups in total. The average molecular weight is 399 g/mol. The van der Waals surface area contributed by atoms with E-state index in [-0.39, 0.29) is 0 Å². The summed E-state index contributed by atoms with van der Waals surface area (Å²) in [6.45, 7) is 6.60. The molecule has 0 atom stereocenters. The van der Waals surface area contributed by atoms with Crippen molar-refractivity contribution in [1.29, 1.82) is 0 Å². The van der Waals surface area contributed by atoms with Crippen LogP contribution in [0, 0.1) is 26.7 Å². The van der Waals surface area contributed by atoms with Gasteiger partial charge in [0.25, 0.3) is 5.69 Å². The Hall–Kier alpha value is -2.81. The van der Waals surface area contributed by atoms with Gasteiger partial charge < -0.3 is 9.15 Å². The Morgan fingerprint density at radius 2 is 1.83 bits per heavy atom. The van der Waals surface area contributed by atoms with Crippen molar-refractivity contribution < 1.29 is 13.7 Å². The number of nitrogens with zero attached hydrogens (tertiary/aromatic N) is 1. The highest BCUT2D eigenvalue weighted by atomic mass is 16.5. The van der Waals surface area contributed by atoms with Crippen LogP contribution in [0.3, 0.4) is 0 Å². The van der Waals surface area contributed by atoms with Crippen molar-refractivity contribution in [3.8, 4) is 22.8 Å². The van der Waals surface area contributed by atoms with E-state index in [4.69, 9.17) is 9.15 Å². The van der Waals surface area contributed by atoms with Gasteiger partial charge in [-0.15, -0.1) is 0 Å². The molecule has 6 rings (SSSR count). The molecule has 4 aromatic rings. The first-order chi connectivity index (χ1) is 14.5. The summed E-state index contributed by atoms with van der Waals surface area (Å²) in [5, 5.41) is 3.65. The van der Waals surface area contributed by atoms with Crippen molar-refractivity contribution in [2.75, 3.05) is 0 Å². The number of benzene rings is 2. The molecule has 2 aromatic carbocycles. The minimum absolute atomic E-state index is 0.765. The van der Waals surface area contributed by atoms with Gasteiger partial charge >= 0.3 is 0 Å². The quantitative estimate of drug-likeness (QED) is 0.304. The Balaban J connectivity index is 1.68. The van der Waals surface area contributed by atoms with Crippen LogP contribution in [0.5, 0.6) is 11.5 Å². The van der Waals surface area contributed by atoms with Crippen LogP contribution in [0.25, 0.3) is 33.0 Å². The van der Waals surface area contributed by atoms with E-state index in [0.29, 0.717) is 0 Å². The largest absolute Gasteiger partial charge is 0.458 e. The lowest BCUT2D eigenvalue weighted by atomic mass is 9.89. The van der Waals surface area contributed by atoms with Crippen LogP contribution < -0.4 is 9.30 Å². The van der Waals surface area contributed by atoms with Gasteiger partial charge in [-0.3, -0.25) is 0 Å². The molecule has 2 aliphatic rings. The van der Waals surface area contributed by atoms with Crippen molar-refractivity contribution in [3.05, 3.63) is 52.9 Å². The number of pyridine rings is 1. The van der Waals surface area contributed by atoms with Crippen LogP contribution in [0.1, 0.15) is 47.9 Å². The highest BCUT2D eigenvalue weighted by Crippen LogP contribution is 2.51. The molecule has 0 saturated heterocycles. The SMILES string of the molecule is Cc1cc2c3c(c(C)c(C)cc3c1)-c1c(c3c(CC4CCCC4)coc3c[n+]1C)O2. The summed E-state index contributed by atoms with van der Waals surface area (Å²) in [6, 6.07) is 6.74. The smallest absolute Gasteiger partial charge is 0.257 e. The summed E-state index contributed by atoms with van der Waals surface area (Å²) in [6.07, 6.45) is 10.6. The summed E-state index contributed by atoms with van der Waals surface area (Å²) in [5.74, 6) is 2.70. The number of furan rings is 1. The predicted octanol–water partition coefficient (Wildman–Crippen LogP) is 6.84. The van der Waals surface area contributed by atoms with E-state index in [2.05, 4.69) is 56.8 Å².